The molecule has 0 bridgehead atoms. The Hall–Kier alpha value is -1.80. The molecule has 1 N–H and O–H groups in total. The van der Waals surface area contributed by atoms with Crippen molar-refractivity contribution in [3.63, 3.8) is 0 Å². The first-order valence-electron chi connectivity index (χ1n) is 11.3. The molecular formula is C23H32N2O5S. The van der Waals surface area contributed by atoms with Crippen LogP contribution in [-0.4, -0.2) is 81.1 Å². The number of hydrogen-bond donors (Lipinski definition) is 1. The Balaban J connectivity index is 1.70. The number of fused-ring (bicyclic) bond motifs is 2. The van der Waals surface area contributed by atoms with E-state index in [1.807, 2.05) is 43.1 Å². The van der Waals surface area contributed by atoms with Crippen LogP contribution in [0.25, 0.3) is 0 Å². The van der Waals surface area contributed by atoms with E-state index in [-0.39, 0.29) is 42.3 Å². The number of aliphatic hydroxyl groups excluding tert-OH is 1. The third-order valence-corrected chi connectivity index (χ3v) is 8.62. The van der Waals surface area contributed by atoms with Gasteiger partial charge in [0.15, 0.2) is 0 Å². The smallest absolute Gasteiger partial charge is 0.311 e. The molecule has 2 amide bonds. The monoisotopic (exact) mass is 448 g/mol. The van der Waals surface area contributed by atoms with E-state index in [4.69, 9.17) is 9.84 Å². The molecule has 0 aromatic heterocycles. The van der Waals surface area contributed by atoms with Crippen molar-refractivity contribution in [3.8, 4) is 0 Å². The Bertz CT molecular complexity index is 797. The highest BCUT2D eigenvalue weighted by Gasteiger charge is 2.71. The molecule has 0 aromatic rings. The molecule has 1 unspecified atom stereocenters. The van der Waals surface area contributed by atoms with E-state index in [1.165, 1.54) is 0 Å². The normalized spacial score (nSPS) is 34.5. The van der Waals surface area contributed by atoms with Crippen LogP contribution < -0.4 is 0 Å². The fourth-order valence-electron chi connectivity index (χ4n) is 5.44. The molecule has 4 aliphatic heterocycles. The molecule has 0 aliphatic carbocycles. The summed E-state index contributed by atoms with van der Waals surface area (Å²) in [6.45, 7) is 5.37. The Morgan fingerprint density at radius 1 is 1.16 bits per heavy atom. The van der Waals surface area contributed by atoms with Crippen molar-refractivity contribution in [2.45, 2.75) is 61.6 Å². The average molecular weight is 449 g/mol. The van der Waals surface area contributed by atoms with Crippen LogP contribution in [-0.2, 0) is 19.1 Å². The van der Waals surface area contributed by atoms with Crippen LogP contribution in [0.2, 0.25) is 0 Å². The van der Waals surface area contributed by atoms with Crippen LogP contribution in [0.3, 0.4) is 0 Å². The number of aliphatic hydroxyl groups is 1. The second-order valence-corrected chi connectivity index (χ2v) is 10.5. The Kier molecular flexibility index (Phi) is 6.49. The Morgan fingerprint density at radius 2 is 1.94 bits per heavy atom. The lowest BCUT2D eigenvalue weighted by molar-refractivity contribution is -0.151. The summed E-state index contributed by atoms with van der Waals surface area (Å²) in [6.07, 6.45) is 11.1. The molecule has 4 rings (SSSR count). The predicted octanol–water partition coefficient (Wildman–Crippen LogP) is 1.76. The largest absolute Gasteiger partial charge is 0.461 e. The summed E-state index contributed by atoms with van der Waals surface area (Å²) in [5, 5.41) is 8.85. The molecule has 2 fully saturated rings. The molecular weight excluding hydrogens is 416 g/mol. The molecule has 0 radical (unpaired) electrons. The molecule has 7 nitrogen and oxygen atoms in total. The van der Waals surface area contributed by atoms with Crippen molar-refractivity contribution in [1.82, 2.24) is 9.80 Å². The third-order valence-electron chi connectivity index (χ3n) is 6.88. The summed E-state index contributed by atoms with van der Waals surface area (Å²) in [7, 11) is 0. The summed E-state index contributed by atoms with van der Waals surface area (Å²) >= 11 is 1.58. The topological polar surface area (TPSA) is 87.2 Å². The van der Waals surface area contributed by atoms with Crippen molar-refractivity contribution in [3.05, 3.63) is 24.3 Å². The first-order valence-corrected chi connectivity index (χ1v) is 12.2. The first kappa shape index (κ1) is 22.4. The van der Waals surface area contributed by atoms with Crippen LogP contribution >= 0.6 is 11.8 Å². The van der Waals surface area contributed by atoms with E-state index in [0.717, 1.165) is 25.7 Å². The lowest BCUT2D eigenvalue weighted by atomic mass is 9.78. The van der Waals surface area contributed by atoms with E-state index in [2.05, 4.69) is 0 Å². The standard InChI is InChI=1S/C23H32N2O5S/c1-15(2)24-12-8-10-23-18(17-16(31-23)9-7-14-30-22(17)29)20(27)25(19(23)21(24)28)11-5-3-4-6-13-26/h7-10,15-19,26H,3-6,11-14H2,1-2H3/t16-,17+,18-,19?,23-/m0/s1. The predicted molar refractivity (Wildman–Crippen MR) is 118 cm³/mol. The highest BCUT2D eigenvalue weighted by atomic mass is 32.2. The lowest BCUT2D eigenvalue weighted by Crippen LogP contribution is -2.54. The quantitative estimate of drug-likeness (QED) is 0.363. The molecule has 0 aromatic carbocycles. The summed E-state index contributed by atoms with van der Waals surface area (Å²) in [6, 6.07) is -0.586. The Labute approximate surface area is 187 Å². The van der Waals surface area contributed by atoms with Gasteiger partial charge in [-0.05, 0) is 26.7 Å². The van der Waals surface area contributed by atoms with E-state index >= 15 is 0 Å². The van der Waals surface area contributed by atoms with E-state index in [0.29, 0.717) is 13.1 Å². The highest BCUT2D eigenvalue weighted by molar-refractivity contribution is 8.02. The molecule has 5 atom stereocenters. The van der Waals surface area contributed by atoms with E-state index in [9.17, 15) is 14.4 Å². The molecule has 8 heteroatoms. The van der Waals surface area contributed by atoms with Gasteiger partial charge in [0, 0.05) is 31.0 Å². The first-order chi connectivity index (χ1) is 14.9. The summed E-state index contributed by atoms with van der Waals surface area (Å²) in [5.41, 5.74) is 0. The van der Waals surface area contributed by atoms with Gasteiger partial charge >= 0.3 is 5.97 Å². The summed E-state index contributed by atoms with van der Waals surface area (Å²) < 4.78 is 4.62. The minimum atomic E-state index is -0.751. The second kappa shape index (κ2) is 8.98. The SMILES string of the molecule is CC(C)N1CC=C[C@]23S[C@H]4C=CCOC(=O)[C@H]4[C@H]2C(=O)N(CCCCCCO)C3C1=O. The van der Waals surface area contributed by atoms with Gasteiger partial charge < -0.3 is 19.6 Å². The second-order valence-electron chi connectivity index (χ2n) is 9.06. The van der Waals surface area contributed by atoms with Gasteiger partial charge in [-0.3, -0.25) is 14.4 Å². The number of unbranched alkanes of at least 4 members (excludes halogenated alkanes) is 3. The number of esters is 1. The number of ether oxygens (including phenoxy) is 1. The van der Waals surface area contributed by atoms with Crippen molar-refractivity contribution >= 4 is 29.5 Å². The number of carbonyl (C=O) groups excluding carboxylic acids is 3. The molecule has 2 saturated heterocycles. The number of likely N-dealkylation sites (tertiary alicyclic amines) is 1. The lowest BCUT2D eigenvalue weighted by Gasteiger charge is -2.36. The maximum atomic E-state index is 13.8. The van der Waals surface area contributed by atoms with Crippen molar-refractivity contribution in [1.29, 1.82) is 0 Å². The number of thioether (sulfide) groups is 1. The fraction of sp³-hybridized carbons (Fsp3) is 0.696. The van der Waals surface area contributed by atoms with Crippen LogP contribution in [0.5, 0.6) is 0 Å². The van der Waals surface area contributed by atoms with Crippen molar-refractivity contribution in [2.24, 2.45) is 11.8 Å². The molecule has 31 heavy (non-hydrogen) atoms. The van der Waals surface area contributed by atoms with E-state index < -0.39 is 22.6 Å². The molecule has 0 saturated carbocycles. The number of nitrogens with zero attached hydrogens (tertiary/aromatic N) is 2. The van der Waals surface area contributed by atoms with Crippen molar-refractivity contribution in [2.75, 3.05) is 26.3 Å². The molecule has 170 valence electrons. The number of hydrogen-bond acceptors (Lipinski definition) is 6. The minimum absolute atomic E-state index is 0.0228. The van der Waals surface area contributed by atoms with Crippen molar-refractivity contribution < 1.29 is 24.2 Å². The van der Waals surface area contributed by atoms with Gasteiger partial charge in [0.25, 0.3) is 0 Å². The van der Waals surface area contributed by atoms with E-state index in [1.54, 1.807) is 16.7 Å². The Morgan fingerprint density at radius 3 is 2.68 bits per heavy atom. The zero-order valence-electron chi connectivity index (χ0n) is 18.2. The number of rotatable bonds is 7. The van der Waals surface area contributed by atoms with Crippen LogP contribution in [0.1, 0.15) is 39.5 Å². The molecule has 4 heterocycles. The fourth-order valence-corrected chi connectivity index (χ4v) is 7.44. The number of carbonyl (C=O) groups is 3. The van der Waals surface area contributed by atoms with Gasteiger partial charge in [0.1, 0.15) is 12.6 Å². The molecule has 4 aliphatic rings. The van der Waals surface area contributed by atoms with Gasteiger partial charge in [-0.2, -0.15) is 0 Å². The summed E-state index contributed by atoms with van der Waals surface area (Å²) in [4.78, 5) is 43.9. The van der Waals surface area contributed by atoms with Crippen LogP contribution in [0.4, 0.5) is 0 Å². The van der Waals surface area contributed by atoms with Crippen LogP contribution in [0.15, 0.2) is 24.3 Å². The number of cyclic esters (lactones) is 1. The van der Waals surface area contributed by atoms with Crippen LogP contribution in [0, 0.1) is 11.8 Å². The highest BCUT2D eigenvalue weighted by Crippen LogP contribution is 2.60. The average Bonchev–Trinajstić information content (AvgIpc) is 3.02. The maximum Gasteiger partial charge on any atom is 0.311 e. The van der Waals surface area contributed by atoms with Gasteiger partial charge in [-0.15, -0.1) is 11.8 Å². The van der Waals surface area contributed by atoms with Gasteiger partial charge in [0.05, 0.1) is 16.6 Å². The third kappa shape index (κ3) is 3.71. The van der Waals surface area contributed by atoms with Gasteiger partial charge in [-0.25, -0.2) is 0 Å². The molecule has 1 spiro atoms. The zero-order valence-corrected chi connectivity index (χ0v) is 19.1. The summed E-state index contributed by atoms with van der Waals surface area (Å²) in [5.74, 6) is -1.64. The number of amides is 2. The maximum absolute atomic E-state index is 13.8. The minimum Gasteiger partial charge on any atom is -0.461 e. The zero-order chi connectivity index (χ0) is 22.2. The van der Waals surface area contributed by atoms with Gasteiger partial charge in [0.2, 0.25) is 11.8 Å². The van der Waals surface area contributed by atoms with Gasteiger partial charge in [-0.1, -0.05) is 37.1 Å².